The van der Waals surface area contributed by atoms with Crippen LogP contribution in [0.3, 0.4) is 0 Å². The van der Waals surface area contributed by atoms with E-state index in [1.54, 1.807) is 31.2 Å². The predicted octanol–water partition coefficient (Wildman–Crippen LogP) is 3.35. The number of ketones is 1. The molecule has 0 fully saturated rings. The van der Waals surface area contributed by atoms with Gasteiger partial charge in [-0.25, -0.2) is 4.79 Å². The molecule has 3 nitrogen and oxygen atoms in total. The summed E-state index contributed by atoms with van der Waals surface area (Å²) in [6, 6.07) is 10.6. The van der Waals surface area contributed by atoms with Gasteiger partial charge in [-0.1, -0.05) is 24.3 Å². The summed E-state index contributed by atoms with van der Waals surface area (Å²) in [6.45, 7) is 2.04. The number of ether oxygens (including phenoxy) is 1. The molecule has 0 unspecified atom stereocenters. The molecule has 0 aliphatic heterocycles. The first kappa shape index (κ1) is 13.5. The summed E-state index contributed by atoms with van der Waals surface area (Å²) in [4.78, 5) is 25.0. The summed E-state index contributed by atoms with van der Waals surface area (Å²) in [5.41, 5.74) is 0.764. The first-order valence-corrected chi connectivity index (χ1v) is 6.92. The number of thiophene rings is 1. The van der Waals surface area contributed by atoms with E-state index in [1.165, 1.54) is 11.3 Å². The fourth-order valence-electron chi connectivity index (χ4n) is 1.78. The summed E-state index contributed by atoms with van der Waals surface area (Å²) in [5.74, 6) is -0.510. The van der Waals surface area contributed by atoms with Crippen LogP contribution in [0.15, 0.2) is 41.8 Å². The van der Waals surface area contributed by atoms with E-state index >= 15 is 0 Å². The zero-order valence-electron chi connectivity index (χ0n) is 10.6. The first-order valence-electron chi connectivity index (χ1n) is 6.04. The minimum Gasteiger partial charge on any atom is -0.462 e. The minimum atomic E-state index is -0.447. The molecule has 98 valence electrons. The quantitative estimate of drug-likeness (QED) is 0.620. The van der Waals surface area contributed by atoms with Gasteiger partial charge < -0.3 is 4.74 Å². The molecule has 2 rings (SSSR count). The maximum atomic E-state index is 12.2. The van der Waals surface area contributed by atoms with Gasteiger partial charge in [0.05, 0.1) is 12.2 Å². The Labute approximate surface area is 115 Å². The lowest BCUT2D eigenvalue weighted by Gasteiger charge is -2.07. The Kier molecular flexibility index (Phi) is 4.47. The van der Waals surface area contributed by atoms with Crippen LogP contribution in [0.5, 0.6) is 0 Å². The van der Waals surface area contributed by atoms with E-state index < -0.39 is 5.97 Å². The Bertz CT molecular complexity index is 573. The third-order valence-corrected chi connectivity index (χ3v) is 3.51. The number of carbonyl (C=O) groups is 2. The van der Waals surface area contributed by atoms with Crippen molar-refractivity contribution >= 4 is 23.1 Å². The second kappa shape index (κ2) is 6.29. The zero-order chi connectivity index (χ0) is 13.7. The van der Waals surface area contributed by atoms with E-state index in [0.717, 1.165) is 4.88 Å². The van der Waals surface area contributed by atoms with E-state index in [1.807, 2.05) is 17.5 Å². The second-order valence-corrected chi connectivity index (χ2v) is 4.98. The van der Waals surface area contributed by atoms with Crippen LogP contribution >= 0.6 is 11.3 Å². The summed E-state index contributed by atoms with van der Waals surface area (Å²) in [7, 11) is 0. The van der Waals surface area contributed by atoms with Gasteiger partial charge in [0, 0.05) is 16.9 Å². The van der Waals surface area contributed by atoms with Gasteiger partial charge in [0.25, 0.3) is 0 Å². The van der Waals surface area contributed by atoms with Gasteiger partial charge in [-0.3, -0.25) is 4.79 Å². The third-order valence-electron chi connectivity index (χ3n) is 2.64. The zero-order valence-corrected chi connectivity index (χ0v) is 11.4. The number of hydrogen-bond donors (Lipinski definition) is 0. The Hall–Kier alpha value is -1.94. The SMILES string of the molecule is CCOC(=O)c1ccccc1C(=O)Cc1cccs1. The molecule has 0 aliphatic rings. The van der Waals surface area contributed by atoms with Crippen molar-refractivity contribution in [3.05, 3.63) is 57.8 Å². The van der Waals surface area contributed by atoms with Gasteiger partial charge in [-0.2, -0.15) is 0 Å². The van der Waals surface area contributed by atoms with Crippen LogP contribution in [-0.4, -0.2) is 18.4 Å². The molecule has 1 aromatic carbocycles. The van der Waals surface area contributed by atoms with Gasteiger partial charge in [0.15, 0.2) is 5.78 Å². The van der Waals surface area contributed by atoms with Crippen LogP contribution in [0.1, 0.15) is 32.5 Å². The number of benzene rings is 1. The number of Topliss-reactive ketones (excluding diaryl/α,β-unsaturated/α-hetero) is 1. The highest BCUT2D eigenvalue weighted by atomic mass is 32.1. The predicted molar refractivity (Wildman–Crippen MR) is 74.8 cm³/mol. The number of esters is 1. The molecule has 0 N–H and O–H groups in total. The molecule has 4 heteroatoms. The largest absolute Gasteiger partial charge is 0.462 e. The Morgan fingerprint density at radius 1 is 1.11 bits per heavy atom. The molecule has 0 saturated heterocycles. The highest BCUT2D eigenvalue weighted by molar-refractivity contribution is 7.10. The average molecular weight is 274 g/mol. The number of hydrogen-bond acceptors (Lipinski definition) is 4. The van der Waals surface area contributed by atoms with Gasteiger partial charge in [-0.15, -0.1) is 11.3 Å². The van der Waals surface area contributed by atoms with Crippen LogP contribution in [0.2, 0.25) is 0 Å². The van der Waals surface area contributed by atoms with Crippen molar-refractivity contribution in [2.24, 2.45) is 0 Å². The summed E-state index contributed by atoms with van der Waals surface area (Å²) in [6.07, 6.45) is 0.314. The van der Waals surface area contributed by atoms with Crippen LogP contribution in [-0.2, 0) is 11.2 Å². The smallest absolute Gasteiger partial charge is 0.338 e. The molecule has 19 heavy (non-hydrogen) atoms. The molecule has 0 amide bonds. The van der Waals surface area contributed by atoms with Crippen molar-refractivity contribution in [1.82, 2.24) is 0 Å². The van der Waals surface area contributed by atoms with Crippen molar-refractivity contribution in [2.75, 3.05) is 6.61 Å². The van der Waals surface area contributed by atoms with Crippen molar-refractivity contribution in [1.29, 1.82) is 0 Å². The first-order chi connectivity index (χ1) is 9.22. The standard InChI is InChI=1S/C15H14O3S/c1-2-18-15(17)13-8-4-3-7-12(13)14(16)10-11-6-5-9-19-11/h3-9H,2,10H2,1H3. The summed E-state index contributed by atoms with van der Waals surface area (Å²) >= 11 is 1.53. The lowest BCUT2D eigenvalue weighted by atomic mass is 10.0. The molecule has 0 bridgehead atoms. The Morgan fingerprint density at radius 3 is 2.47 bits per heavy atom. The third kappa shape index (κ3) is 3.29. The molecular weight excluding hydrogens is 260 g/mol. The monoisotopic (exact) mass is 274 g/mol. The maximum Gasteiger partial charge on any atom is 0.338 e. The average Bonchev–Trinajstić information content (AvgIpc) is 2.92. The molecule has 0 aliphatic carbocycles. The molecule has 0 spiro atoms. The Balaban J connectivity index is 2.24. The molecule has 0 atom stereocenters. The molecule has 0 saturated carbocycles. The fourth-order valence-corrected chi connectivity index (χ4v) is 2.48. The van der Waals surface area contributed by atoms with Crippen LogP contribution in [0.25, 0.3) is 0 Å². The van der Waals surface area contributed by atoms with E-state index in [9.17, 15) is 9.59 Å². The van der Waals surface area contributed by atoms with Crippen molar-refractivity contribution in [2.45, 2.75) is 13.3 Å². The minimum absolute atomic E-state index is 0.0638. The van der Waals surface area contributed by atoms with E-state index in [-0.39, 0.29) is 5.78 Å². The van der Waals surface area contributed by atoms with Crippen molar-refractivity contribution in [3.63, 3.8) is 0 Å². The molecule has 0 radical (unpaired) electrons. The van der Waals surface area contributed by atoms with Crippen LogP contribution in [0.4, 0.5) is 0 Å². The van der Waals surface area contributed by atoms with Gasteiger partial charge in [0.1, 0.15) is 0 Å². The maximum absolute atomic E-state index is 12.2. The van der Waals surface area contributed by atoms with Crippen LogP contribution < -0.4 is 0 Å². The number of rotatable bonds is 5. The molecule has 2 aromatic rings. The van der Waals surface area contributed by atoms with Gasteiger partial charge in [0.2, 0.25) is 0 Å². The summed E-state index contributed by atoms with van der Waals surface area (Å²) < 4.78 is 4.97. The number of carbonyl (C=O) groups excluding carboxylic acids is 2. The highest BCUT2D eigenvalue weighted by Crippen LogP contribution is 2.16. The fraction of sp³-hybridized carbons (Fsp3) is 0.200. The lowest BCUT2D eigenvalue weighted by Crippen LogP contribution is -2.13. The van der Waals surface area contributed by atoms with Crippen molar-refractivity contribution < 1.29 is 14.3 Å². The molecular formula is C15H14O3S. The van der Waals surface area contributed by atoms with Gasteiger partial charge >= 0.3 is 5.97 Å². The lowest BCUT2D eigenvalue weighted by molar-refractivity contribution is 0.0523. The second-order valence-electron chi connectivity index (χ2n) is 3.95. The van der Waals surface area contributed by atoms with E-state index in [4.69, 9.17) is 4.74 Å². The summed E-state index contributed by atoms with van der Waals surface area (Å²) in [5, 5.41) is 1.93. The van der Waals surface area contributed by atoms with E-state index in [2.05, 4.69) is 0 Å². The highest BCUT2D eigenvalue weighted by Gasteiger charge is 2.17. The normalized spacial score (nSPS) is 10.2. The molecule has 1 aromatic heterocycles. The van der Waals surface area contributed by atoms with Crippen molar-refractivity contribution in [3.8, 4) is 0 Å². The van der Waals surface area contributed by atoms with Gasteiger partial charge in [-0.05, 0) is 24.4 Å². The Morgan fingerprint density at radius 2 is 1.84 bits per heavy atom. The van der Waals surface area contributed by atoms with E-state index in [0.29, 0.717) is 24.2 Å². The topological polar surface area (TPSA) is 43.4 Å². The van der Waals surface area contributed by atoms with Crippen LogP contribution in [0, 0.1) is 0 Å². The molecule has 1 heterocycles.